The molecule has 11 heteroatoms. The molecule has 1 aliphatic heterocycles. The Labute approximate surface area is 142 Å². The summed E-state index contributed by atoms with van der Waals surface area (Å²) in [5.74, 6) is 0. The first-order valence-electron chi connectivity index (χ1n) is 7.81. The number of amides is 1. The molecule has 1 aromatic rings. The molecule has 6 N–H and O–H groups in total. The van der Waals surface area contributed by atoms with Crippen molar-refractivity contribution < 1.29 is 24.5 Å². The van der Waals surface area contributed by atoms with Gasteiger partial charge in [-0.1, -0.05) is 0 Å². The standard InChI is InChI=1S/C14H22N4O7/c15-3-4-16-13(23)24-6-2-14(8-19)9(20)7-11(25-14)18-5-1-10(21)17-12(18)22/h1,5,9,11,19-20H,2-4,6-8,15H2,(H,16,23)(H,17,21,22)/t9-,11+,14+/m0/s1. The lowest BCUT2D eigenvalue weighted by Crippen LogP contribution is -2.45. The average molecular weight is 358 g/mol. The molecule has 0 spiro atoms. The van der Waals surface area contributed by atoms with Crippen molar-refractivity contribution in [1.29, 1.82) is 0 Å². The quantitative estimate of drug-likeness (QED) is 0.360. The van der Waals surface area contributed by atoms with Crippen LogP contribution in [0.15, 0.2) is 21.9 Å². The minimum Gasteiger partial charge on any atom is -0.449 e. The predicted octanol–water partition coefficient (Wildman–Crippen LogP) is -2.38. The summed E-state index contributed by atoms with van der Waals surface area (Å²) in [7, 11) is 0. The number of nitrogens with one attached hydrogen (secondary N) is 2. The lowest BCUT2D eigenvalue weighted by atomic mass is 9.94. The van der Waals surface area contributed by atoms with Crippen LogP contribution in [0.25, 0.3) is 0 Å². The van der Waals surface area contributed by atoms with Gasteiger partial charge < -0.3 is 30.7 Å². The molecule has 2 heterocycles. The van der Waals surface area contributed by atoms with Crippen LogP contribution >= 0.6 is 0 Å². The van der Waals surface area contributed by atoms with Crippen molar-refractivity contribution in [2.75, 3.05) is 26.3 Å². The highest BCUT2D eigenvalue weighted by molar-refractivity contribution is 5.67. The number of carbonyl (C=O) groups is 1. The zero-order chi connectivity index (χ0) is 18.4. The van der Waals surface area contributed by atoms with E-state index in [4.69, 9.17) is 15.2 Å². The maximum Gasteiger partial charge on any atom is 0.407 e. The van der Waals surface area contributed by atoms with E-state index in [0.717, 1.165) is 10.6 Å². The summed E-state index contributed by atoms with van der Waals surface area (Å²) in [4.78, 5) is 36.4. The van der Waals surface area contributed by atoms with Crippen LogP contribution in [0.2, 0.25) is 0 Å². The summed E-state index contributed by atoms with van der Waals surface area (Å²) < 4.78 is 11.7. The second-order valence-corrected chi connectivity index (χ2v) is 5.67. The Morgan fingerprint density at radius 1 is 1.56 bits per heavy atom. The Morgan fingerprint density at radius 3 is 2.96 bits per heavy atom. The van der Waals surface area contributed by atoms with E-state index in [0.29, 0.717) is 0 Å². The molecule has 0 unspecified atom stereocenters. The van der Waals surface area contributed by atoms with Crippen LogP contribution in [0.4, 0.5) is 4.79 Å². The van der Waals surface area contributed by atoms with Gasteiger partial charge in [-0.3, -0.25) is 14.3 Å². The highest BCUT2D eigenvalue weighted by Crippen LogP contribution is 2.38. The number of alkyl carbamates (subject to hydrolysis) is 1. The van der Waals surface area contributed by atoms with E-state index >= 15 is 0 Å². The van der Waals surface area contributed by atoms with E-state index in [2.05, 4.69) is 10.3 Å². The molecule has 0 aliphatic carbocycles. The normalized spacial score (nSPS) is 25.7. The van der Waals surface area contributed by atoms with Gasteiger partial charge in [-0.2, -0.15) is 0 Å². The summed E-state index contributed by atoms with van der Waals surface area (Å²) in [5, 5.41) is 22.4. The van der Waals surface area contributed by atoms with Gasteiger partial charge in [0.05, 0.1) is 19.3 Å². The Morgan fingerprint density at radius 2 is 2.32 bits per heavy atom. The molecule has 25 heavy (non-hydrogen) atoms. The summed E-state index contributed by atoms with van der Waals surface area (Å²) >= 11 is 0. The zero-order valence-corrected chi connectivity index (χ0v) is 13.5. The average Bonchev–Trinajstić information content (AvgIpc) is 2.90. The number of nitrogens with two attached hydrogens (primary N) is 1. The highest BCUT2D eigenvalue weighted by Gasteiger charge is 2.48. The third kappa shape index (κ3) is 4.45. The molecule has 0 radical (unpaired) electrons. The lowest BCUT2D eigenvalue weighted by molar-refractivity contribution is -0.137. The number of nitrogens with zero attached hydrogens (tertiary/aromatic N) is 1. The van der Waals surface area contributed by atoms with Gasteiger partial charge >= 0.3 is 11.8 Å². The molecule has 1 amide bonds. The fourth-order valence-electron chi connectivity index (χ4n) is 2.62. The van der Waals surface area contributed by atoms with E-state index < -0.39 is 41.9 Å². The highest BCUT2D eigenvalue weighted by atomic mass is 16.6. The third-order valence-electron chi connectivity index (χ3n) is 4.00. The number of hydrogen-bond donors (Lipinski definition) is 5. The molecular formula is C14H22N4O7. The fourth-order valence-corrected chi connectivity index (χ4v) is 2.62. The molecule has 1 fully saturated rings. The van der Waals surface area contributed by atoms with Crippen molar-refractivity contribution >= 4 is 6.09 Å². The lowest BCUT2D eigenvalue weighted by Gasteiger charge is -2.29. The van der Waals surface area contributed by atoms with Gasteiger partial charge in [-0.15, -0.1) is 0 Å². The maximum absolute atomic E-state index is 11.8. The molecule has 0 saturated carbocycles. The molecular weight excluding hydrogens is 336 g/mol. The van der Waals surface area contributed by atoms with Crippen LogP contribution in [0.5, 0.6) is 0 Å². The molecule has 1 aromatic heterocycles. The van der Waals surface area contributed by atoms with E-state index in [9.17, 15) is 24.6 Å². The number of ether oxygens (including phenoxy) is 2. The van der Waals surface area contributed by atoms with Gasteiger partial charge in [0, 0.05) is 38.2 Å². The number of aromatic amines is 1. The summed E-state index contributed by atoms with van der Waals surface area (Å²) in [6, 6.07) is 1.15. The van der Waals surface area contributed by atoms with E-state index in [1.54, 1.807) is 0 Å². The third-order valence-corrected chi connectivity index (χ3v) is 4.00. The Balaban J connectivity index is 2.02. The minimum atomic E-state index is -1.38. The van der Waals surface area contributed by atoms with E-state index in [1.807, 2.05) is 0 Å². The van der Waals surface area contributed by atoms with E-state index in [-0.39, 0.29) is 32.5 Å². The SMILES string of the molecule is NCCNC(=O)OCC[C@]1(CO)O[C@@H](n2ccc(=O)[nH]c2=O)C[C@@H]1O. The van der Waals surface area contributed by atoms with Crippen molar-refractivity contribution in [1.82, 2.24) is 14.9 Å². The number of aliphatic hydroxyl groups is 2. The Bertz CT molecular complexity index is 703. The molecule has 0 bridgehead atoms. The first kappa shape index (κ1) is 19.1. The molecule has 2 rings (SSSR count). The number of H-pyrrole nitrogens is 1. The topological polar surface area (TPSA) is 169 Å². The van der Waals surface area contributed by atoms with Crippen LogP contribution in [0.1, 0.15) is 19.1 Å². The molecule has 3 atom stereocenters. The van der Waals surface area contributed by atoms with Crippen molar-refractivity contribution in [3.8, 4) is 0 Å². The zero-order valence-electron chi connectivity index (χ0n) is 13.5. The van der Waals surface area contributed by atoms with Gasteiger partial charge in [0.25, 0.3) is 5.56 Å². The van der Waals surface area contributed by atoms with Crippen LogP contribution in [0, 0.1) is 0 Å². The first-order valence-corrected chi connectivity index (χ1v) is 7.81. The molecule has 1 saturated heterocycles. The number of rotatable bonds is 7. The van der Waals surface area contributed by atoms with Crippen molar-refractivity contribution in [3.63, 3.8) is 0 Å². The maximum atomic E-state index is 11.8. The van der Waals surface area contributed by atoms with Crippen molar-refractivity contribution in [2.24, 2.45) is 5.73 Å². The van der Waals surface area contributed by atoms with Crippen molar-refractivity contribution in [3.05, 3.63) is 33.1 Å². The van der Waals surface area contributed by atoms with Crippen LogP contribution < -0.4 is 22.3 Å². The molecule has 0 aromatic carbocycles. The Hall–Kier alpha value is -2.21. The second-order valence-electron chi connectivity index (χ2n) is 5.67. The fraction of sp³-hybridized carbons (Fsp3) is 0.643. The van der Waals surface area contributed by atoms with Gasteiger partial charge in [0.1, 0.15) is 11.8 Å². The van der Waals surface area contributed by atoms with Gasteiger partial charge in [-0.25, -0.2) is 9.59 Å². The first-order chi connectivity index (χ1) is 11.9. The summed E-state index contributed by atoms with van der Waals surface area (Å²) in [6.45, 7) is -0.106. The van der Waals surface area contributed by atoms with Gasteiger partial charge in [0.15, 0.2) is 0 Å². The van der Waals surface area contributed by atoms with Gasteiger partial charge in [0.2, 0.25) is 0 Å². The van der Waals surface area contributed by atoms with Gasteiger partial charge in [-0.05, 0) is 0 Å². The second kappa shape index (κ2) is 8.25. The minimum absolute atomic E-state index is 0.0231. The smallest absolute Gasteiger partial charge is 0.407 e. The monoisotopic (exact) mass is 358 g/mol. The van der Waals surface area contributed by atoms with Crippen LogP contribution in [0.3, 0.4) is 0 Å². The summed E-state index contributed by atoms with van der Waals surface area (Å²) in [6.07, 6.45) is -1.31. The largest absolute Gasteiger partial charge is 0.449 e. The predicted molar refractivity (Wildman–Crippen MR) is 84.9 cm³/mol. The molecule has 11 nitrogen and oxygen atoms in total. The van der Waals surface area contributed by atoms with Crippen LogP contribution in [-0.2, 0) is 9.47 Å². The number of aromatic nitrogens is 2. The molecule has 140 valence electrons. The van der Waals surface area contributed by atoms with Crippen molar-refractivity contribution in [2.45, 2.75) is 30.8 Å². The number of carbonyl (C=O) groups excluding carboxylic acids is 1. The number of hydrogen-bond acceptors (Lipinski definition) is 8. The Kier molecular flexibility index (Phi) is 6.31. The van der Waals surface area contributed by atoms with E-state index in [1.165, 1.54) is 6.20 Å². The number of aliphatic hydroxyl groups excluding tert-OH is 2. The molecule has 1 aliphatic rings. The summed E-state index contributed by atoms with van der Waals surface area (Å²) in [5.41, 5.74) is 2.64. The van der Waals surface area contributed by atoms with Crippen LogP contribution in [-0.4, -0.2) is 63.9 Å².